The molecule has 0 radical (unpaired) electrons. The zero-order valence-electron chi connectivity index (χ0n) is 19.6. The van der Waals surface area contributed by atoms with E-state index in [1.54, 1.807) is 36.4 Å². The van der Waals surface area contributed by atoms with Crippen molar-refractivity contribution in [3.63, 3.8) is 0 Å². The molecule has 3 heterocycles. The minimum absolute atomic E-state index is 0.224. The minimum atomic E-state index is -3.60. The third-order valence-electron chi connectivity index (χ3n) is 5.76. The van der Waals surface area contributed by atoms with Crippen LogP contribution in [0, 0.1) is 0 Å². The van der Waals surface area contributed by atoms with Crippen LogP contribution in [0.2, 0.25) is 0 Å². The van der Waals surface area contributed by atoms with E-state index in [9.17, 15) is 18.0 Å². The lowest BCUT2D eigenvalue weighted by Crippen LogP contribution is -2.49. The Bertz CT molecular complexity index is 1440. The van der Waals surface area contributed by atoms with E-state index >= 15 is 0 Å². The van der Waals surface area contributed by atoms with Gasteiger partial charge in [-0.2, -0.15) is 9.29 Å². The van der Waals surface area contributed by atoms with Gasteiger partial charge in [-0.15, -0.1) is 0 Å². The fraction of sp³-hybridized carbons (Fsp3) is 0.200. The van der Waals surface area contributed by atoms with Crippen LogP contribution in [0.3, 0.4) is 0 Å². The van der Waals surface area contributed by atoms with Crippen LogP contribution < -0.4 is 15.0 Å². The molecule has 2 aliphatic heterocycles. The number of ether oxygens (including phenoxy) is 1. The summed E-state index contributed by atoms with van der Waals surface area (Å²) in [6, 6.07) is 19.6. The number of hydrogen-bond donors (Lipinski definition) is 1. The zero-order chi connectivity index (χ0) is 25.8. The van der Waals surface area contributed by atoms with E-state index in [0.717, 1.165) is 17.3 Å². The molecule has 0 aliphatic carbocycles. The number of carbonyl (C=O) groups excluding carboxylic acids is 2. The molecule has 1 aromatic heterocycles. The number of sulfonamides is 1. The molecule has 2 fully saturated rings. The van der Waals surface area contributed by atoms with E-state index in [4.69, 9.17) is 4.74 Å². The molecule has 5 rings (SSSR count). The largest absolute Gasteiger partial charge is 0.473 e. The molecule has 2 aliphatic rings. The predicted octanol–water partition coefficient (Wildman–Crippen LogP) is 2.89. The molecule has 10 nitrogen and oxygen atoms in total. The number of hydrogen-bond acceptors (Lipinski definition) is 9. The maximum atomic E-state index is 13.0. The molecule has 0 spiro atoms. The van der Waals surface area contributed by atoms with Crippen molar-refractivity contribution in [2.75, 3.05) is 31.1 Å². The van der Waals surface area contributed by atoms with Crippen LogP contribution in [0.1, 0.15) is 11.3 Å². The summed E-state index contributed by atoms with van der Waals surface area (Å²) in [5, 5.41) is 1.79. The molecule has 1 N–H and O–H groups in total. The number of rotatable bonds is 7. The molecule has 0 unspecified atom stereocenters. The minimum Gasteiger partial charge on any atom is -0.473 e. The second kappa shape index (κ2) is 10.7. The second-order valence-electron chi connectivity index (χ2n) is 8.26. The summed E-state index contributed by atoms with van der Waals surface area (Å²) in [6.45, 7) is 1.55. The number of amides is 2. The van der Waals surface area contributed by atoms with Gasteiger partial charge in [0.25, 0.3) is 11.1 Å². The number of piperazine rings is 1. The summed E-state index contributed by atoms with van der Waals surface area (Å²) < 4.78 is 33.3. The summed E-state index contributed by atoms with van der Waals surface area (Å²) >= 11 is 0.800. The Labute approximate surface area is 218 Å². The maximum Gasteiger partial charge on any atom is 0.290 e. The molecule has 0 bridgehead atoms. The maximum absolute atomic E-state index is 13.0. The van der Waals surface area contributed by atoms with Crippen molar-refractivity contribution in [3.8, 4) is 5.88 Å². The second-order valence-corrected chi connectivity index (χ2v) is 11.2. The Kier molecular flexibility index (Phi) is 7.22. The van der Waals surface area contributed by atoms with Gasteiger partial charge in [-0.05, 0) is 35.5 Å². The molecule has 0 saturated carbocycles. The van der Waals surface area contributed by atoms with Gasteiger partial charge in [0.2, 0.25) is 21.9 Å². The van der Waals surface area contributed by atoms with Crippen molar-refractivity contribution in [2.24, 2.45) is 0 Å². The Hall–Kier alpha value is -3.74. The van der Waals surface area contributed by atoms with Gasteiger partial charge < -0.3 is 9.64 Å². The van der Waals surface area contributed by atoms with Crippen molar-refractivity contribution in [1.82, 2.24) is 19.6 Å². The van der Waals surface area contributed by atoms with E-state index in [1.807, 2.05) is 35.2 Å². The third kappa shape index (κ3) is 5.82. The van der Waals surface area contributed by atoms with Gasteiger partial charge in [-0.1, -0.05) is 48.5 Å². The van der Waals surface area contributed by atoms with Crippen molar-refractivity contribution in [2.45, 2.75) is 11.5 Å². The summed E-state index contributed by atoms with van der Waals surface area (Å²) in [5.74, 6) is 0.167. The number of imide groups is 1. The van der Waals surface area contributed by atoms with E-state index in [-0.39, 0.29) is 29.5 Å². The average Bonchev–Trinajstić information content (AvgIpc) is 3.24. The number of nitrogens with one attached hydrogen (secondary N) is 1. The summed E-state index contributed by atoms with van der Waals surface area (Å²) in [5.41, 5.74) is 1.36. The van der Waals surface area contributed by atoms with Crippen LogP contribution in [-0.2, 0) is 21.4 Å². The van der Waals surface area contributed by atoms with Crippen molar-refractivity contribution in [1.29, 1.82) is 0 Å². The summed E-state index contributed by atoms with van der Waals surface area (Å²) in [6.07, 6.45) is 1.52. The Balaban J connectivity index is 1.37. The first-order valence-corrected chi connectivity index (χ1v) is 13.7. The van der Waals surface area contributed by atoms with Gasteiger partial charge in [-0.3, -0.25) is 14.9 Å². The molecule has 2 saturated heterocycles. The third-order valence-corrected chi connectivity index (χ3v) is 8.49. The van der Waals surface area contributed by atoms with Crippen LogP contribution in [0.4, 0.5) is 10.7 Å². The zero-order valence-corrected chi connectivity index (χ0v) is 21.2. The van der Waals surface area contributed by atoms with Gasteiger partial charge in [0.1, 0.15) is 6.61 Å². The van der Waals surface area contributed by atoms with Crippen LogP contribution in [-0.4, -0.2) is 60.0 Å². The van der Waals surface area contributed by atoms with E-state index in [2.05, 4.69) is 15.3 Å². The number of carbonyl (C=O) groups is 2. The highest BCUT2D eigenvalue weighted by molar-refractivity contribution is 8.18. The van der Waals surface area contributed by atoms with Crippen molar-refractivity contribution >= 4 is 45.0 Å². The molecule has 190 valence electrons. The van der Waals surface area contributed by atoms with Gasteiger partial charge in [0.05, 0.1) is 15.5 Å². The first-order chi connectivity index (χ1) is 17.9. The molecular weight excluding hydrogens is 514 g/mol. The monoisotopic (exact) mass is 537 g/mol. The highest BCUT2D eigenvalue weighted by atomic mass is 32.2. The smallest absolute Gasteiger partial charge is 0.290 e. The van der Waals surface area contributed by atoms with Crippen LogP contribution in [0.25, 0.3) is 6.08 Å². The lowest BCUT2D eigenvalue weighted by atomic mass is 10.2. The first-order valence-electron chi connectivity index (χ1n) is 11.5. The number of nitrogens with zero attached hydrogens (tertiary/aromatic N) is 4. The van der Waals surface area contributed by atoms with Crippen molar-refractivity contribution < 1.29 is 22.7 Å². The predicted molar refractivity (Wildman–Crippen MR) is 139 cm³/mol. The van der Waals surface area contributed by atoms with Crippen LogP contribution >= 0.6 is 11.8 Å². The highest BCUT2D eigenvalue weighted by Gasteiger charge is 2.30. The lowest BCUT2D eigenvalue weighted by Gasteiger charge is -2.34. The van der Waals surface area contributed by atoms with Gasteiger partial charge in [0.15, 0.2) is 0 Å². The van der Waals surface area contributed by atoms with Gasteiger partial charge in [0, 0.05) is 32.2 Å². The number of thioether (sulfide) groups is 1. The van der Waals surface area contributed by atoms with Crippen LogP contribution in [0.5, 0.6) is 5.88 Å². The summed E-state index contributed by atoms with van der Waals surface area (Å²) in [7, 11) is -3.60. The number of aromatic nitrogens is 2. The molecular formula is C25H23N5O5S2. The molecule has 12 heteroatoms. The van der Waals surface area contributed by atoms with Gasteiger partial charge >= 0.3 is 0 Å². The van der Waals surface area contributed by atoms with Gasteiger partial charge in [-0.25, -0.2) is 13.4 Å². The fourth-order valence-corrected chi connectivity index (χ4v) is 5.99. The highest BCUT2D eigenvalue weighted by Crippen LogP contribution is 2.27. The Morgan fingerprint density at radius 3 is 2.27 bits per heavy atom. The van der Waals surface area contributed by atoms with E-state index in [1.165, 1.54) is 10.4 Å². The topological polar surface area (TPSA) is 122 Å². The van der Waals surface area contributed by atoms with E-state index in [0.29, 0.717) is 30.6 Å². The Morgan fingerprint density at radius 1 is 0.946 bits per heavy atom. The number of benzene rings is 2. The summed E-state index contributed by atoms with van der Waals surface area (Å²) in [4.78, 5) is 35.1. The fourth-order valence-electron chi connectivity index (χ4n) is 3.88. The molecule has 2 amide bonds. The first kappa shape index (κ1) is 24.9. The van der Waals surface area contributed by atoms with E-state index < -0.39 is 21.2 Å². The average molecular weight is 538 g/mol. The molecule has 3 aromatic rings. The molecule has 37 heavy (non-hydrogen) atoms. The number of anilines is 1. The lowest BCUT2D eigenvalue weighted by molar-refractivity contribution is -0.115. The van der Waals surface area contributed by atoms with Crippen LogP contribution in [0.15, 0.2) is 76.5 Å². The Morgan fingerprint density at radius 2 is 1.62 bits per heavy atom. The normalized spacial score (nSPS) is 17.7. The molecule has 0 atom stereocenters. The SMILES string of the molecule is O=C1NC(=O)/C(=C\c2cc(OCc3ccccc3)nc(N3CCN(S(=O)(=O)c4ccccc4)CC3)n2)S1. The van der Waals surface area contributed by atoms with Crippen molar-refractivity contribution in [3.05, 3.63) is 82.9 Å². The quantitative estimate of drug-likeness (QED) is 0.453. The molecule has 2 aromatic carbocycles. The standard InChI is InChI=1S/C25H23N5O5S2/c31-23-21(36-25(32)28-23)15-19-16-22(35-17-18-7-3-1-4-8-18)27-24(26-19)29-11-13-30(14-12-29)37(33,34)20-9-5-2-6-10-20/h1-10,15-16H,11-14,17H2,(H,28,31,32)/b21-15+.